The largest absolute Gasteiger partial charge is 0.484 e. The van der Waals surface area contributed by atoms with Crippen LogP contribution in [0.1, 0.15) is 31.4 Å². The molecule has 1 saturated carbocycles. The van der Waals surface area contributed by atoms with Gasteiger partial charge in [0, 0.05) is 25.2 Å². The van der Waals surface area contributed by atoms with E-state index in [9.17, 15) is 10.1 Å². The Labute approximate surface area is 202 Å². The molecule has 186 valence electrons. The van der Waals surface area contributed by atoms with Gasteiger partial charge in [-0.1, -0.05) is 4.98 Å². The van der Waals surface area contributed by atoms with Gasteiger partial charge in [0.2, 0.25) is 5.88 Å². The van der Waals surface area contributed by atoms with Crippen molar-refractivity contribution < 1.29 is 19.1 Å². The van der Waals surface area contributed by atoms with E-state index in [1.165, 1.54) is 10.8 Å². The van der Waals surface area contributed by atoms with Gasteiger partial charge >= 0.3 is 5.95 Å². The predicted octanol–water partition coefficient (Wildman–Crippen LogP) is 2.34. The number of nitro groups is 1. The van der Waals surface area contributed by atoms with Crippen LogP contribution in [0.2, 0.25) is 0 Å². The summed E-state index contributed by atoms with van der Waals surface area (Å²) in [4.78, 5) is 26.0. The molecule has 0 radical (unpaired) electrons. The summed E-state index contributed by atoms with van der Waals surface area (Å²) in [5, 5.41) is 11.8. The number of nitrogens with two attached hydrogens (primary N) is 1. The summed E-state index contributed by atoms with van der Waals surface area (Å²) in [5.74, 6) is 1.62. The molecule has 0 atom stereocenters. The van der Waals surface area contributed by atoms with Crippen molar-refractivity contribution in [1.29, 1.82) is 0 Å². The van der Waals surface area contributed by atoms with E-state index in [1.807, 2.05) is 12.1 Å². The first kappa shape index (κ1) is 23.2. The molecule has 12 nitrogen and oxygen atoms in total. The summed E-state index contributed by atoms with van der Waals surface area (Å²) >= 11 is 0. The molecule has 12 heteroatoms. The van der Waals surface area contributed by atoms with Gasteiger partial charge in [0.1, 0.15) is 30.5 Å². The molecule has 0 unspecified atom stereocenters. The van der Waals surface area contributed by atoms with Gasteiger partial charge in [0.15, 0.2) is 5.69 Å². The summed E-state index contributed by atoms with van der Waals surface area (Å²) in [6.07, 6.45) is 6.74. The third-order valence-electron chi connectivity index (χ3n) is 6.55. The van der Waals surface area contributed by atoms with Crippen LogP contribution in [0, 0.1) is 10.1 Å². The molecule has 2 aliphatic rings. The minimum atomic E-state index is -0.527. The van der Waals surface area contributed by atoms with E-state index in [-0.39, 0.29) is 24.7 Å². The van der Waals surface area contributed by atoms with E-state index in [0.29, 0.717) is 30.5 Å². The minimum Gasteiger partial charge on any atom is -0.484 e. The number of aromatic nitrogens is 4. The van der Waals surface area contributed by atoms with Crippen LogP contribution < -0.4 is 20.1 Å². The molecule has 0 aromatic carbocycles. The lowest BCUT2D eigenvalue weighted by atomic mass is 9.94. The number of morpholine rings is 1. The monoisotopic (exact) mass is 483 g/mol. The first-order valence-electron chi connectivity index (χ1n) is 11.8. The van der Waals surface area contributed by atoms with Gasteiger partial charge in [-0.05, 0) is 36.7 Å². The van der Waals surface area contributed by atoms with Crippen LogP contribution in [0.5, 0.6) is 11.6 Å². The Kier molecular flexibility index (Phi) is 6.64. The second-order valence-corrected chi connectivity index (χ2v) is 8.93. The minimum absolute atomic E-state index is 0.0463. The van der Waals surface area contributed by atoms with Gasteiger partial charge in [-0.2, -0.15) is 4.98 Å². The van der Waals surface area contributed by atoms with Gasteiger partial charge in [0.25, 0.3) is 0 Å². The summed E-state index contributed by atoms with van der Waals surface area (Å²) < 4.78 is 19.2. The highest BCUT2D eigenvalue weighted by Gasteiger charge is 2.23. The molecule has 3 aromatic heterocycles. The highest BCUT2D eigenvalue weighted by molar-refractivity contribution is 5.87. The van der Waals surface area contributed by atoms with Crippen LogP contribution in [-0.2, 0) is 18.4 Å². The van der Waals surface area contributed by atoms with Crippen molar-refractivity contribution in [3.63, 3.8) is 0 Å². The lowest BCUT2D eigenvalue weighted by molar-refractivity contribution is -0.396. The predicted molar refractivity (Wildman–Crippen MR) is 128 cm³/mol. The fraction of sp³-hybridized carbons (Fsp3) is 0.522. The molecule has 2 fully saturated rings. The second kappa shape index (κ2) is 10.0. The maximum Gasteiger partial charge on any atom is 0.434 e. The third-order valence-corrected chi connectivity index (χ3v) is 6.55. The fourth-order valence-electron chi connectivity index (χ4n) is 4.44. The molecule has 1 saturated heterocycles. The summed E-state index contributed by atoms with van der Waals surface area (Å²) in [6, 6.07) is 4.04. The lowest BCUT2D eigenvalue weighted by Gasteiger charge is -2.30. The van der Waals surface area contributed by atoms with Crippen molar-refractivity contribution in [1.82, 2.24) is 19.5 Å². The molecule has 1 aliphatic heterocycles. The molecule has 35 heavy (non-hydrogen) atoms. The van der Waals surface area contributed by atoms with Crippen LogP contribution in [0.4, 0.5) is 11.8 Å². The summed E-state index contributed by atoms with van der Waals surface area (Å²) in [7, 11) is 1.58. The Balaban J connectivity index is 1.42. The first-order chi connectivity index (χ1) is 17.0. The zero-order valence-electron chi connectivity index (χ0n) is 19.6. The molecule has 0 bridgehead atoms. The Hall–Kier alpha value is -3.51. The zero-order valence-corrected chi connectivity index (χ0v) is 19.6. The van der Waals surface area contributed by atoms with Crippen molar-refractivity contribution in [3.05, 3.63) is 40.3 Å². The molecule has 2 N–H and O–H groups in total. The van der Waals surface area contributed by atoms with Gasteiger partial charge in [-0.25, -0.2) is 4.57 Å². The number of hydrogen-bond acceptors (Lipinski definition) is 10. The number of fused-ring (bicyclic) bond motifs is 1. The fourth-order valence-corrected chi connectivity index (χ4v) is 4.44. The van der Waals surface area contributed by atoms with Gasteiger partial charge < -0.3 is 35.0 Å². The number of imidazole rings is 1. The lowest BCUT2D eigenvalue weighted by Crippen LogP contribution is -2.37. The number of nitrogens with zero attached hydrogens (tertiary/aromatic N) is 6. The van der Waals surface area contributed by atoms with Crippen molar-refractivity contribution in [2.24, 2.45) is 12.8 Å². The van der Waals surface area contributed by atoms with Crippen LogP contribution in [0.15, 0.2) is 24.5 Å². The molecule has 5 rings (SSSR count). The molecular weight excluding hydrogens is 454 g/mol. The zero-order chi connectivity index (χ0) is 24.4. The maximum absolute atomic E-state index is 11.0. The Morgan fingerprint density at radius 1 is 1.17 bits per heavy atom. The molecule has 4 heterocycles. The average Bonchev–Trinajstić information content (AvgIpc) is 3.25. The summed E-state index contributed by atoms with van der Waals surface area (Å²) in [5.41, 5.74) is 7.41. The van der Waals surface area contributed by atoms with Crippen LogP contribution in [0.3, 0.4) is 0 Å². The van der Waals surface area contributed by atoms with E-state index >= 15 is 0 Å². The first-order valence-corrected chi connectivity index (χ1v) is 11.8. The third kappa shape index (κ3) is 5.13. The number of ether oxygens (including phenoxy) is 3. The Bertz CT molecular complexity index is 1200. The SMILES string of the molecule is Cn1c(COc2cnc3cc(N4CCOCC4)nc(OC4CCC(N)CC4)c3c2)cnc1[N+](=O)[O-]. The smallest absolute Gasteiger partial charge is 0.434 e. The summed E-state index contributed by atoms with van der Waals surface area (Å²) in [6.45, 7) is 2.94. The molecular formula is C23H29N7O5. The van der Waals surface area contributed by atoms with E-state index in [0.717, 1.165) is 55.5 Å². The highest BCUT2D eigenvalue weighted by atomic mass is 16.6. The number of rotatable bonds is 7. The van der Waals surface area contributed by atoms with Crippen LogP contribution in [0.25, 0.3) is 10.9 Å². The normalized spacial score (nSPS) is 20.7. The topological polar surface area (TPSA) is 144 Å². The van der Waals surface area contributed by atoms with Crippen molar-refractivity contribution in [2.75, 3.05) is 31.2 Å². The quantitative estimate of drug-likeness (QED) is 0.393. The average molecular weight is 484 g/mol. The van der Waals surface area contributed by atoms with E-state index in [2.05, 4.69) is 14.9 Å². The van der Waals surface area contributed by atoms with Crippen LogP contribution >= 0.6 is 0 Å². The van der Waals surface area contributed by atoms with Gasteiger partial charge in [-0.15, -0.1) is 0 Å². The molecule has 3 aromatic rings. The van der Waals surface area contributed by atoms with E-state index in [1.54, 1.807) is 13.2 Å². The molecule has 1 aliphatic carbocycles. The van der Waals surface area contributed by atoms with Crippen LogP contribution in [-0.4, -0.2) is 62.9 Å². The number of pyridine rings is 2. The highest BCUT2D eigenvalue weighted by Crippen LogP contribution is 2.33. The van der Waals surface area contributed by atoms with Gasteiger partial charge in [0.05, 0.1) is 37.4 Å². The molecule has 0 amide bonds. The standard InChI is InChI=1S/C23H29N7O5/c1-28-16(12-26-23(28)30(31)32)14-34-18-10-19-20(25-13-18)11-21(29-6-8-33-9-7-29)27-22(19)35-17-4-2-15(24)3-5-17/h10-13,15,17H,2-9,14,24H2,1H3. The van der Waals surface area contributed by atoms with Gasteiger partial charge in [-0.3, -0.25) is 4.98 Å². The second-order valence-electron chi connectivity index (χ2n) is 8.93. The van der Waals surface area contributed by atoms with Crippen molar-refractivity contribution >= 4 is 22.7 Å². The van der Waals surface area contributed by atoms with E-state index < -0.39 is 4.92 Å². The van der Waals surface area contributed by atoms with Crippen molar-refractivity contribution in [2.45, 2.75) is 44.4 Å². The number of hydrogen-bond donors (Lipinski definition) is 1. The molecule has 0 spiro atoms. The maximum atomic E-state index is 11.0. The van der Waals surface area contributed by atoms with Crippen molar-refractivity contribution in [3.8, 4) is 11.6 Å². The van der Waals surface area contributed by atoms with E-state index in [4.69, 9.17) is 24.9 Å². The Morgan fingerprint density at radius 2 is 1.94 bits per heavy atom. The number of anilines is 1. The Morgan fingerprint density at radius 3 is 2.66 bits per heavy atom.